The van der Waals surface area contributed by atoms with Crippen molar-refractivity contribution in [3.05, 3.63) is 75.1 Å². The highest BCUT2D eigenvalue weighted by molar-refractivity contribution is 7.89. The molecule has 3 aromatic rings. The molecule has 4 rings (SSSR count). The van der Waals surface area contributed by atoms with Crippen LogP contribution in [0, 0.1) is 25.5 Å². The summed E-state index contributed by atoms with van der Waals surface area (Å²) in [4.78, 5) is 13.4. The number of piperazine rings is 1. The lowest BCUT2D eigenvalue weighted by Crippen LogP contribution is -2.48. The summed E-state index contributed by atoms with van der Waals surface area (Å²) in [6, 6.07) is 7.69. The normalized spacial score (nSPS) is 16.1. The molecule has 0 N–H and O–H groups in total. The first-order valence-electron chi connectivity index (χ1n) is 9.87. The fourth-order valence-electron chi connectivity index (χ4n) is 3.80. The minimum atomic E-state index is -4.14. The topological polar surface area (TPSA) is 70.8 Å². The van der Waals surface area contributed by atoms with Crippen molar-refractivity contribution in [2.24, 2.45) is 0 Å². The highest BCUT2D eigenvalue weighted by Crippen LogP contribution is 2.25. The Morgan fingerprint density at radius 2 is 1.65 bits per heavy atom. The number of hydrogen-bond acceptors (Lipinski definition) is 5. The number of sulfonamides is 1. The number of halogens is 2. The zero-order chi connectivity index (χ0) is 22.3. The first-order chi connectivity index (χ1) is 14.6. The number of hydrogen-bond donors (Lipinski definition) is 0. The van der Waals surface area contributed by atoms with Gasteiger partial charge in [0, 0.05) is 44.2 Å². The highest BCUT2D eigenvalue weighted by atomic mass is 32.2. The molecule has 0 aliphatic carbocycles. The summed E-state index contributed by atoms with van der Waals surface area (Å²) in [6.07, 6.45) is 0. The van der Waals surface area contributed by atoms with Crippen LogP contribution in [-0.2, 0) is 16.6 Å². The van der Waals surface area contributed by atoms with E-state index in [0.29, 0.717) is 31.3 Å². The summed E-state index contributed by atoms with van der Waals surface area (Å²) in [6.45, 7) is 5.44. The van der Waals surface area contributed by atoms with Crippen LogP contribution in [-0.4, -0.2) is 43.8 Å². The maximum absolute atomic E-state index is 14.0. The van der Waals surface area contributed by atoms with E-state index in [-0.39, 0.29) is 13.1 Å². The SMILES string of the molecule is Cc1cc2oc(=O)cc(CN3CCN(S(=O)(=O)c4cc(F)ccc4F)CC3)c2cc1C. The van der Waals surface area contributed by atoms with Crippen molar-refractivity contribution < 1.29 is 21.6 Å². The van der Waals surface area contributed by atoms with Crippen molar-refractivity contribution in [2.75, 3.05) is 26.2 Å². The maximum Gasteiger partial charge on any atom is 0.336 e. The molecule has 0 amide bonds. The van der Waals surface area contributed by atoms with Gasteiger partial charge in [-0.15, -0.1) is 0 Å². The van der Waals surface area contributed by atoms with Gasteiger partial charge in [0.15, 0.2) is 0 Å². The number of nitrogens with zero attached hydrogens (tertiary/aromatic N) is 2. The largest absolute Gasteiger partial charge is 0.423 e. The van der Waals surface area contributed by atoms with Crippen LogP contribution in [0.25, 0.3) is 11.0 Å². The van der Waals surface area contributed by atoms with Crippen molar-refractivity contribution in [3.63, 3.8) is 0 Å². The molecular formula is C22H22F2N2O4S. The minimum Gasteiger partial charge on any atom is -0.423 e. The molecule has 0 atom stereocenters. The number of rotatable bonds is 4. The molecule has 31 heavy (non-hydrogen) atoms. The summed E-state index contributed by atoms with van der Waals surface area (Å²) < 4.78 is 59.5. The number of fused-ring (bicyclic) bond motifs is 1. The highest BCUT2D eigenvalue weighted by Gasteiger charge is 2.31. The van der Waals surface area contributed by atoms with Crippen molar-refractivity contribution in [1.29, 1.82) is 0 Å². The summed E-state index contributed by atoms with van der Waals surface area (Å²) >= 11 is 0. The molecule has 9 heteroatoms. The molecule has 164 valence electrons. The van der Waals surface area contributed by atoms with Crippen molar-refractivity contribution in [3.8, 4) is 0 Å². The second-order valence-corrected chi connectivity index (χ2v) is 9.68. The maximum atomic E-state index is 14.0. The van der Waals surface area contributed by atoms with E-state index in [1.165, 1.54) is 6.07 Å². The van der Waals surface area contributed by atoms with Gasteiger partial charge in [-0.1, -0.05) is 0 Å². The van der Waals surface area contributed by atoms with Crippen molar-refractivity contribution >= 4 is 21.0 Å². The lowest BCUT2D eigenvalue weighted by atomic mass is 10.0. The van der Waals surface area contributed by atoms with E-state index in [0.717, 1.165) is 38.5 Å². The van der Waals surface area contributed by atoms with Crippen LogP contribution in [0.2, 0.25) is 0 Å². The zero-order valence-corrected chi connectivity index (χ0v) is 18.0. The quantitative estimate of drug-likeness (QED) is 0.574. The molecule has 1 aliphatic heterocycles. The third-order valence-corrected chi connectivity index (χ3v) is 7.59. The second kappa shape index (κ2) is 8.14. The zero-order valence-electron chi connectivity index (χ0n) is 17.2. The molecular weight excluding hydrogens is 426 g/mol. The van der Waals surface area contributed by atoms with E-state index in [2.05, 4.69) is 0 Å². The Morgan fingerprint density at radius 1 is 0.968 bits per heavy atom. The smallest absolute Gasteiger partial charge is 0.336 e. The number of benzene rings is 2. The fraction of sp³-hybridized carbons (Fsp3) is 0.318. The molecule has 1 aromatic heterocycles. The van der Waals surface area contributed by atoms with Crippen molar-refractivity contribution in [1.82, 2.24) is 9.21 Å². The van der Waals surface area contributed by atoms with Crippen LogP contribution in [0.4, 0.5) is 8.78 Å². The van der Waals surface area contributed by atoms with E-state index in [1.807, 2.05) is 30.9 Å². The predicted octanol–water partition coefficient (Wildman–Crippen LogP) is 3.19. The van der Waals surface area contributed by atoms with Crippen LogP contribution >= 0.6 is 0 Å². The molecule has 2 heterocycles. The molecule has 0 radical (unpaired) electrons. The van der Waals surface area contributed by atoms with Gasteiger partial charge in [0.2, 0.25) is 10.0 Å². The summed E-state index contributed by atoms with van der Waals surface area (Å²) in [5.74, 6) is -1.78. The molecule has 0 spiro atoms. The lowest BCUT2D eigenvalue weighted by molar-refractivity contribution is 0.181. The Hall–Kier alpha value is -2.62. The summed E-state index contributed by atoms with van der Waals surface area (Å²) in [5, 5.41) is 0.847. The van der Waals surface area contributed by atoms with Crippen LogP contribution in [0.5, 0.6) is 0 Å². The van der Waals surface area contributed by atoms with E-state index in [1.54, 1.807) is 0 Å². The predicted molar refractivity (Wildman–Crippen MR) is 112 cm³/mol. The average molecular weight is 448 g/mol. The van der Waals surface area contributed by atoms with Gasteiger partial charge in [-0.3, -0.25) is 4.90 Å². The van der Waals surface area contributed by atoms with Crippen molar-refractivity contribution in [2.45, 2.75) is 25.3 Å². The van der Waals surface area contributed by atoms with Gasteiger partial charge in [-0.2, -0.15) is 4.31 Å². The molecule has 2 aromatic carbocycles. The molecule has 1 aliphatic rings. The van der Waals surface area contributed by atoms with Gasteiger partial charge in [0.1, 0.15) is 22.1 Å². The molecule has 0 unspecified atom stereocenters. The Bertz CT molecular complexity index is 1310. The molecule has 6 nitrogen and oxygen atoms in total. The molecule has 0 bridgehead atoms. The fourth-order valence-corrected chi connectivity index (χ4v) is 5.29. The van der Waals surface area contributed by atoms with Gasteiger partial charge >= 0.3 is 5.63 Å². The van der Waals surface area contributed by atoms with Gasteiger partial charge < -0.3 is 4.42 Å². The Balaban J connectivity index is 1.53. The first kappa shape index (κ1) is 21.6. The minimum absolute atomic E-state index is 0.135. The van der Waals surface area contributed by atoms with E-state index in [9.17, 15) is 22.0 Å². The summed E-state index contributed by atoms with van der Waals surface area (Å²) in [7, 11) is -4.14. The summed E-state index contributed by atoms with van der Waals surface area (Å²) in [5.41, 5.74) is 3.00. The Morgan fingerprint density at radius 3 is 2.35 bits per heavy atom. The van der Waals surface area contributed by atoms with E-state index >= 15 is 0 Å². The molecule has 1 fully saturated rings. The Labute approximate surface area is 178 Å². The van der Waals surface area contributed by atoms with Gasteiger partial charge in [-0.05, 0) is 60.9 Å². The second-order valence-electron chi connectivity index (χ2n) is 7.78. The average Bonchev–Trinajstić information content (AvgIpc) is 2.71. The third kappa shape index (κ3) is 4.26. The molecule has 1 saturated heterocycles. The van der Waals surface area contributed by atoms with Gasteiger partial charge in [0.05, 0.1) is 0 Å². The molecule has 0 saturated carbocycles. The monoisotopic (exact) mass is 448 g/mol. The van der Waals surface area contributed by atoms with Gasteiger partial charge in [-0.25, -0.2) is 22.0 Å². The van der Waals surface area contributed by atoms with E-state index in [4.69, 9.17) is 4.42 Å². The van der Waals surface area contributed by atoms with Crippen LogP contribution in [0.15, 0.2) is 50.5 Å². The third-order valence-electron chi connectivity index (χ3n) is 5.68. The number of aryl methyl sites for hydroxylation is 2. The van der Waals surface area contributed by atoms with Crippen LogP contribution in [0.3, 0.4) is 0 Å². The standard InChI is InChI=1S/C22H22F2N2O4S/c1-14-9-18-16(11-22(27)30-20(18)10-15(14)2)13-25-5-7-26(8-6-25)31(28,29)21-12-17(23)3-4-19(21)24/h3-4,9-12H,5-8,13H2,1-2H3. The first-order valence-corrected chi connectivity index (χ1v) is 11.3. The van der Waals surface area contributed by atoms with Crippen LogP contribution < -0.4 is 5.63 Å². The lowest BCUT2D eigenvalue weighted by Gasteiger charge is -2.34. The van der Waals surface area contributed by atoms with E-state index < -0.39 is 32.2 Å². The Kier molecular flexibility index (Phi) is 5.67. The van der Waals surface area contributed by atoms with Gasteiger partial charge in [0.25, 0.3) is 0 Å². The van der Waals surface area contributed by atoms with Crippen LogP contribution in [0.1, 0.15) is 16.7 Å².